The van der Waals surface area contributed by atoms with Crippen LogP contribution in [0.2, 0.25) is 0 Å². The molecule has 0 bridgehead atoms. The van der Waals surface area contributed by atoms with Crippen molar-refractivity contribution < 1.29 is 21.8 Å². The zero-order valence-electron chi connectivity index (χ0n) is 13.3. The first kappa shape index (κ1) is 18.9. The van der Waals surface area contributed by atoms with Crippen molar-refractivity contribution in [3.63, 3.8) is 0 Å². The molecule has 0 aromatic heterocycles. The van der Waals surface area contributed by atoms with E-state index in [4.69, 9.17) is 4.52 Å². The van der Waals surface area contributed by atoms with Crippen LogP contribution in [-0.2, 0) is 4.52 Å². The van der Waals surface area contributed by atoms with Crippen LogP contribution in [0, 0.1) is 0 Å². The summed E-state index contributed by atoms with van der Waals surface area (Å²) in [6, 6.07) is 21.7. The second-order valence-electron chi connectivity index (χ2n) is 5.61. The smallest absolute Gasteiger partial charge is 0.418 e. The van der Waals surface area contributed by atoms with Crippen molar-refractivity contribution in [2.24, 2.45) is 0 Å². The third kappa shape index (κ3) is 5.61. The molecule has 0 radical (unpaired) electrons. The van der Waals surface area contributed by atoms with Crippen molar-refractivity contribution in [2.75, 3.05) is 7.11 Å². The SMILES string of the molecule is CO[PH+]1[C@H](c2ccccc2)CC[C@H]1c1ccccc1.F[B-](F)(F)F. The fourth-order valence-corrected chi connectivity index (χ4v) is 6.18. The molecule has 0 saturated carbocycles. The first-order valence-electron chi connectivity index (χ1n) is 7.78. The predicted octanol–water partition coefficient (Wildman–Crippen LogP) is 6.34. The van der Waals surface area contributed by atoms with Crippen LogP contribution in [0.15, 0.2) is 60.7 Å². The molecule has 1 fully saturated rings. The molecule has 24 heavy (non-hydrogen) atoms. The molecule has 0 N–H and O–H groups in total. The summed E-state index contributed by atoms with van der Waals surface area (Å²) in [7, 11) is -4.94. The van der Waals surface area contributed by atoms with E-state index in [1.54, 1.807) is 0 Å². The first-order valence-corrected chi connectivity index (χ1v) is 9.34. The zero-order valence-corrected chi connectivity index (χ0v) is 14.3. The summed E-state index contributed by atoms with van der Waals surface area (Å²) in [5, 5.41) is 0. The number of halogens is 4. The Morgan fingerprint density at radius 3 is 1.42 bits per heavy atom. The van der Waals surface area contributed by atoms with E-state index in [9.17, 15) is 17.3 Å². The van der Waals surface area contributed by atoms with Crippen LogP contribution in [0.25, 0.3) is 0 Å². The van der Waals surface area contributed by atoms with Crippen LogP contribution in [-0.4, -0.2) is 14.4 Å². The van der Waals surface area contributed by atoms with Gasteiger partial charge in [-0.05, 0) is 24.0 Å². The highest BCUT2D eigenvalue weighted by Crippen LogP contribution is 2.70. The lowest BCUT2D eigenvalue weighted by Gasteiger charge is -2.16. The van der Waals surface area contributed by atoms with Crippen molar-refractivity contribution in [1.29, 1.82) is 0 Å². The van der Waals surface area contributed by atoms with E-state index in [1.807, 2.05) is 7.11 Å². The molecule has 2 atom stereocenters. The summed E-state index contributed by atoms with van der Waals surface area (Å²) in [4.78, 5) is 0. The quantitative estimate of drug-likeness (QED) is 0.354. The molecule has 0 spiro atoms. The lowest BCUT2D eigenvalue weighted by molar-refractivity contribution is 0.368. The number of hydrogen-bond donors (Lipinski definition) is 0. The fourth-order valence-electron chi connectivity index (χ4n) is 3.18. The maximum atomic E-state index is 9.75. The minimum atomic E-state index is -6.00. The molecule has 2 aromatic rings. The molecule has 0 unspecified atom stereocenters. The lowest BCUT2D eigenvalue weighted by atomic mass is 10.0. The molecule has 0 aliphatic carbocycles. The van der Waals surface area contributed by atoms with Gasteiger partial charge < -0.3 is 17.3 Å². The maximum Gasteiger partial charge on any atom is 0.673 e. The van der Waals surface area contributed by atoms with Gasteiger partial charge in [0.25, 0.3) is 0 Å². The topological polar surface area (TPSA) is 9.23 Å². The van der Waals surface area contributed by atoms with Crippen LogP contribution in [0.1, 0.15) is 35.3 Å². The van der Waals surface area contributed by atoms with Gasteiger partial charge in [-0.25, -0.2) is 4.52 Å². The minimum Gasteiger partial charge on any atom is -0.418 e. The van der Waals surface area contributed by atoms with Gasteiger partial charge in [0, 0.05) is 0 Å². The van der Waals surface area contributed by atoms with Crippen molar-refractivity contribution in [1.82, 2.24) is 0 Å². The van der Waals surface area contributed by atoms with Crippen molar-refractivity contribution in [2.45, 2.75) is 24.2 Å². The highest BCUT2D eigenvalue weighted by molar-refractivity contribution is 7.53. The Morgan fingerprint density at radius 2 is 1.12 bits per heavy atom. The molecule has 1 saturated heterocycles. The molecular weight excluding hydrogens is 338 g/mol. The Labute approximate surface area is 141 Å². The van der Waals surface area contributed by atoms with Gasteiger partial charge in [0.2, 0.25) is 0 Å². The highest BCUT2D eigenvalue weighted by Gasteiger charge is 2.45. The van der Waals surface area contributed by atoms with E-state index in [-0.39, 0.29) is 0 Å². The Bertz CT molecular complexity index is 555. The average molecular weight is 358 g/mol. The molecule has 1 aliphatic heterocycles. The van der Waals surface area contributed by atoms with Gasteiger partial charge in [-0.3, -0.25) is 0 Å². The van der Waals surface area contributed by atoms with Crippen LogP contribution in [0.3, 0.4) is 0 Å². The summed E-state index contributed by atoms with van der Waals surface area (Å²) in [6.45, 7) is 0. The minimum absolute atomic E-state index is 0.626. The van der Waals surface area contributed by atoms with Crippen LogP contribution in [0.4, 0.5) is 17.3 Å². The Balaban J connectivity index is 0.000000368. The second kappa shape index (κ2) is 8.64. The van der Waals surface area contributed by atoms with Crippen LogP contribution < -0.4 is 0 Å². The standard InChI is InChI=1S/C17H19OP.BF4/c1-18-19-16(14-8-4-2-5-9-14)12-13-17(19)15-10-6-3-7-11-15;2-1(3,4)5/h2-11,16-17H,12-13H2,1H3;/q;-1/p+1/t16-,17-;/m0./s1. The van der Waals surface area contributed by atoms with Crippen molar-refractivity contribution >= 4 is 15.4 Å². The number of rotatable bonds is 3. The average Bonchev–Trinajstić information content (AvgIpc) is 2.99. The Kier molecular flexibility index (Phi) is 6.82. The van der Waals surface area contributed by atoms with Gasteiger partial charge in [-0.1, -0.05) is 60.7 Å². The van der Waals surface area contributed by atoms with Gasteiger partial charge in [-0.2, -0.15) is 0 Å². The largest absolute Gasteiger partial charge is 0.673 e. The van der Waals surface area contributed by atoms with Gasteiger partial charge in [0.05, 0.1) is 7.11 Å². The summed E-state index contributed by atoms with van der Waals surface area (Å²) in [5.74, 6) is 0. The normalized spacial score (nSPS) is 21.2. The van der Waals surface area contributed by atoms with E-state index in [2.05, 4.69) is 60.7 Å². The van der Waals surface area contributed by atoms with Crippen molar-refractivity contribution in [3.8, 4) is 0 Å². The first-order chi connectivity index (χ1) is 11.4. The Hall–Kier alpha value is -1.39. The van der Waals surface area contributed by atoms with E-state index in [1.165, 1.54) is 24.0 Å². The predicted molar refractivity (Wildman–Crippen MR) is 93.1 cm³/mol. The van der Waals surface area contributed by atoms with Gasteiger partial charge in [-0.15, -0.1) is 0 Å². The van der Waals surface area contributed by atoms with E-state index in [0.29, 0.717) is 11.3 Å². The third-order valence-corrected chi connectivity index (χ3v) is 7.16. The molecule has 0 amide bonds. The third-order valence-electron chi connectivity index (χ3n) is 4.07. The summed E-state index contributed by atoms with van der Waals surface area (Å²) >= 11 is 0. The number of hydrogen-bond acceptors (Lipinski definition) is 1. The lowest BCUT2D eigenvalue weighted by Crippen LogP contribution is -2.02. The van der Waals surface area contributed by atoms with Gasteiger partial charge in [0.1, 0.15) is 19.5 Å². The molecule has 1 nitrogen and oxygen atoms in total. The molecule has 1 heterocycles. The molecule has 7 heteroatoms. The maximum absolute atomic E-state index is 9.75. The van der Waals surface area contributed by atoms with E-state index < -0.39 is 15.4 Å². The highest BCUT2D eigenvalue weighted by atomic mass is 31.1. The Morgan fingerprint density at radius 1 is 0.792 bits per heavy atom. The van der Waals surface area contributed by atoms with E-state index in [0.717, 1.165) is 0 Å². The molecule has 3 rings (SSSR count). The summed E-state index contributed by atoms with van der Waals surface area (Å²) in [5.41, 5.74) is 4.16. The van der Waals surface area contributed by atoms with Gasteiger partial charge in [0.15, 0.2) is 0 Å². The molecule has 2 aromatic carbocycles. The number of benzene rings is 2. The summed E-state index contributed by atoms with van der Waals surface area (Å²) < 4.78 is 44.9. The zero-order chi connectivity index (χ0) is 17.6. The molecular formula is C17H20BF4OP. The van der Waals surface area contributed by atoms with Crippen molar-refractivity contribution in [3.05, 3.63) is 71.8 Å². The summed E-state index contributed by atoms with van der Waals surface area (Å²) in [6.07, 6.45) is 2.51. The van der Waals surface area contributed by atoms with E-state index >= 15 is 0 Å². The second-order valence-corrected chi connectivity index (χ2v) is 8.21. The molecule has 1 aliphatic rings. The van der Waals surface area contributed by atoms with Gasteiger partial charge >= 0.3 is 7.25 Å². The molecule has 130 valence electrons. The monoisotopic (exact) mass is 358 g/mol. The fraction of sp³-hybridized carbons (Fsp3) is 0.294. The van der Waals surface area contributed by atoms with Crippen LogP contribution >= 0.6 is 8.15 Å². The van der Waals surface area contributed by atoms with Crippen LogP contribution in [0.5, 0.6) is 0 Å².